The Morgan fingerprint density at radius 1 is 1.38 bits per heavy atom. The van der Waals surface area contributed by atoms with Crippen LogP contribution in [0.5, 0.6) is 0 Å². The van der Waals surface area contributed by atoms with E-state index in [0.29, 0.717) is 11.6 Å². The number of nitrogens with zero attached hydrogens (tertiary/aromatic N) is 2. The molecule has 0 atom stereocenters. The van der Waals surface area contributed by atoms with Crippen LogP contribution in [0.4, 0.5) is 5.82 Å². The van der Waals surface area contributed by atoms with Crippen LogP contribution in [0.3, 0.4) is 0 Å². The second-order valence-corrected chi connectivity index (χ2v) is 5.61. The molecule has 3 rings (SSSR count). The molecule has 1 aromatic carbocycles. The molecule has 1 fully saturated rings. The van der Waals surface area contributed by atoms with E-state index >= 15 is 0 Å². The number of hydrogen-bond acceptors (Lipinski definition) is 3. The van der Waals surface area contributed by atoms with Gasteiger partial charge in [-0.05, 0) is 37.1 Å². The Morgan fingerprint density at radius 2 is 2.14 bits per heavy atom. The van der Waals surface area contributed by atoms with E-state index < -0.39 is 0 Å². The van der Waals surface area contributed by atoms with Crippen molar-refractivity contribution in [3.63, 3.8) is 0 Å². The zero-order valence-electron chi connectivity index (χ0n) is 12.6. The van der Waals surface area contributed by atoms with Crippen LogP contribution in [0.25, 0.3) is 10.8 Å². The first-order valence-corrected chi connectivity index (χ1v) is 7.59. The Hall–Kier alpha value is -2.10. The topological polar surface area (TPSA) is 45.2 Å². The van der Waals surface area contributed by atoms with E-state index in [1.807, 2.05) is 49.2 Å². The highest BCUT2D eigenvalue weighted by Gasteiger charge is 2.27. The lowest BCUT2D eigenvalue weighted by atomic mass is 10.1. The molecule has 110 valence electrons. The van der Waals surface area contributed by atoms with Crippen LogP contribution in [-0.4, -0.2) is 35.9 Å². The minimum Gasteiger partial charge on any atom is -0.373 e. The molecular formula is C17H21N3O. The van der Waals surface area contributed by atoms with Crippen LogP contribution in [0.2, 0.25) is 0 Å². The Labute approximate surface area is 125 Å². The molecule has 1 aliphatic carbocycles. The lowest BCUT2D eigenvalue weighted by Gasteiger charge is -2.21. The zero-order chi connectivity index (χ0) is 14.8. The number of rotatable bonds is 5. The Morgan fingerprint density at radius 3 is 2.81 bits per heavy atom. The van der Waals surface area contributed by atoms with Gasteiger partial charge in [0, 0.05) is 25.5 Å². The molecule has 2 aromatic rings. The molecule has 1 heterocycles. The summed E-state index contributed by atoms with van der Waals surface area (Å²) in [6.45, 7) is 3.62. The van der Waals surface area contributed by atoms with Crippen LogP contribution in [0.15, 0.2) is 30.3 Å². The fourth-order valence-electron chi connectivity index (χ4n) is 2.63. The fraction of sp³-hybridized carbons (Fsp3) is 0.412. The molecule has 1 N–H and O–H groups in total. The van der Waals surface area contributed by atoms with Gasteiger partial charge >= 0.3 is 0 Å². The maximum absolute atomic E-state index is 12.7. The number of amides is 1. The molecule has 21 heavy (non-hydrogen) atoms. The van der Waals surface area contributed by atoms with E-state index in [9.17, 15) is 4.79 Å². The van der Waals surface area contributed by atoms with Crippen molar-refractivity contribution in [2.45, 2.75) is 19.8 Å². The minimum atomic E-state index is 0.0339. The van der Waals surface area contributed by atoms with Gasteiger partial charge < -0.3 is 10.2 Å². The van der Waals surface area contributed by atoms with E-state index in [-0.39, 0.29) is 5.91 Å². The molecule has 0 aliphatic heterocycles. The van der Waals surface area contributed by atoms with Crippen molar-refractivity contribution < 1.29 is 4.79 Å². The van der Waals surface area contributed by atoms with Gasteiger partial charge in [0.25, 0.3) is 5.91 Å². The first-order chi connectivity index (χ1) is 10.2. The van der Waals surface area contributed by atoms with Crippen molar-refractivity contribution >= 4 is 22.5 Å². The van der Waals surface area contributed by atoms with Crippen LogP contribution < -0.4 is 5.32 Å². The van der Waals surface area contributed by atoms with Gasteiger partial charge in [-0.25, -0.2) is 4.98 Å². The summed E-state index contributed by atoms with van der Waals surface area (Å²) in [5.74, 6) is 1.49. The molecule has 0 spiro atoms. The third-order valence-electron chi connectivity index (χ3n) is 4.04. The van der Waals surface area contributed by atoms with Crippen molar-refractivity contribution in [2.24, 2.45) is 5.92 Å². The van der Waals surface area contributed by atoms with Crippen molar-refractivity contribution in [1.82, 2.24) is 9.88 Å². The molecule has 1 aromatic heterocycles. The van der Waals surface area contributed by atoms with Crippen molar-refractivity contribution in [1.29, 1.82) is 0 Å². The second kappa shape index (κ2) is 5.72. The fourth-order valence-corrected chi connectivity index (χ4v) is 2.63. The van der Waals surface area contributed by atoms with Crippen LogP contribution in [0.1, 0.15) is 30.3 Å². The lowest BCUT2D eigenvalue weighted by Crippen LogP contribution is -2.33. The van der Waals surface area contributed by atoms with Crippen molar-refractivity contribution in [3.05, 3.63) is 36.0 Å². The highest BCUT2D eigenvalue weighted by Crippen LogP contribution is 2.30. The van der Waals surface area contributed by atoms with Crippen molar-refractivity contribution in [2.75, 3.05) is 25.5 Å². The number of fused-ring (bicyclic) bond motifs is 1. The zero-order valence-corrected chi connectivity index (χ0v) is 12.6. The summed E-state index contributed by atoms with van der Waals surface area (Å²) in [5, 5.41) is 5.18. The largest absolute Gasteiger partial charge is 0.373 e. The highest BCUT2D eigenvalue weighted by atomic mass is 16.2. The van der Waals surface area contributed by atoms with Gasteiger partial charge in [-0.1, -0.05) is 24.3 Å². The third kappa shape index (κ3) is 2.84. The van der Waals surface area contributed by atoms with Gasteiger partial charge in [-0.3, -0.25) is 4.79 Å². The molecule has 0 radical (unpaired) electrons. The molecule has 1 amide bonds. The number of carbonyl (C=O) groups is 1. The van der Waals surface area contributed by atoms with E-state index in [4.69, 9.17) is 0 Å². The van der Waals surface area contributed by atoms with Gasteiger partial charge in [0.2, 0.25) is 0 Å². The molecule has 1 saturated carbocycles. The van der Waals surface area contributed by atoms with Crippen LogP contribution in [0, 0.1) is 5.92 Å². The number of carbonyl (C=O) groups excluding carboxylic acids is 1. The van der Waals surface area contributed by atoms with Crippen molar-refractivity contribution in [3.8, 4) is 0 Å². The second-order valence-electron chi connectivity index (χ2n) is 5.61. The summed E-state index contributed by atoms with van der Waals surface area (Å²) in [5.41, 5.74) is 0.528. The SMILES string of the molecule is CCN(CC1CC1)C(=O)c1cc2ccccc2c(NC)n1. The lowest BCUT2D eigenvalue weighted by molar-refractivity contribution is 0.0751. The number of anilines is 1. The molecule has 1 aliphatic rings. The number of nitrogens with one attached hydrogen (secondary N) is 1. The van der Waals surface area contributed by atoms with Gasteiger partial charge in [-0.2, -0.15) is 0 Å². The summed E-state index contributed by atoms with van der Waals surface area (Å²) >= 11 is 0. The van der Waals surface area contributed by atoms with Gasteiger partial charge in [0.15, 0.2) is 0 Å². The Balaban J connectivity index is 1.96. The normalized spacial score (nSPS) is 14.2. The molecule has 0 bridgehead atoms. The summed E-state index contributed by atoms with van der Waals surface area (Å²) in [7, 11) is 1.84. The molecule has 0 saturated heterocycles. The van der Waals surface area contributed by atoms with Crippen LogP contribution in [-0.2, 0) is 0 Å². The highest BCUT2D eigenvalue weighted by molar-refractivity contribution is 6.00. The summed E-state index contributed by atoms with van der Waals surface area (Å²) < 4.78 is 0. The molecule has 0 unspecified atom stereocenters. The van der Waals surface area contributed by atoms with Gasteiger partial charge in [-0.15, -0.1) is 0 Å². The number of pyridine rings is 1. The van der Waals surface area contributed by atoms with E-state index in [0.717, 1.165) is 29.7 Å². The standard InChI is InChI=1S/C17H21N3O/c1-3-20(11-12-8-9-12)17(21)15-10-13-6-4-5-7-14(13)16(18-2)19-15/h4-7,10,12H,3,8-9,11H2,1-2H3,(H,18,19). The first kappa shape index (κ1) is 13.9. The average Bonchev–Trinajstić information content (AvgIpc) is 3.34. The first-order valence-electron chi connectivity index (χ1n) is 7.59. The quantitative estimate of drug-likeness (QED) is 0.917. The van der Waals surface area contributed by atoms with E-state index in [1.165, 1.54) is 12.8 Å². The number of hydrogen-bond donors (Lipinski definition) is 1. The molecular weight excluding hydrogens is 262 g/mol. The predicted octanol–water partition coefficient (Wildman–Crippen LogP) is 3.15. The number of aromatic nitrogens is 1. The van der Waals surface area contributed by atoms with Gasteiger partial charge in [0.05, 0.1) is 0 Å². The molecule has 4 heteroatoms. The Kier molecular flexibility index (Phi) is 3.78. The Bertz CT molecular complexity index is 664. The minimum absolute atomic E-state index is 0.0339. The summed E-state index contributed by atoms with van der Waals surface area (Å²) in [4.78, 5) is 19.1. The third-order valence-corrected chi connectivity index (χ3v) is 4.04. The van der Waals surface area contributed by atoms with E-state index in [1.54, 1.807) is 0 Å². The number of benzene rings is 1. The molecule has 4 nitrogen and oxygen atoms in total. The maximum atomic E-state index is 12.7. The summed E-state index contributed by atoms with van der Waals surface area (Å²) in [6.07, 6.45) is 2.49. The smallest absolute Gasteiger partial charge is 0.272 e. The predicted molar refractivity (Wildman–Crippen MR) is 85.6 cm³/mol. The maximum Gasteiger partial charge on any atom is 0.272 e. The average molecular weight is 283 g/mol. The van der Waals surface area contributed by atoms with Crippen LogP contribution >= 0.6 is 0 Å². The van der Waals surface area contributed by atoms with E-state index in [2.05, 4.69) is 10.3 Å². The van der Waals surface area contributed by atoms with Gasteiger partial charge in [0.1, 0.15) is 11.5 Å². The monoisotopic (exact) mass is 283 g/mol. The summed E-state index contributed by atoms with van der Waals surface area (Å²) in [6, 6.07) is 9.90.